The number of benzene rings is 1. The number of hydrogen-bond donors (Lipinski definition) is 2. The van der Waals surface area contributed by atoms with E-state index in [0.717, 1.165) is 12.0 Å². The van der Waals surface area contributed by atoms with Crippen LogP contribution in [0.25, 0.3) is 0 Å². The van der Waals surface area contributed by atoms with Crippen LogP contribution in [0.4, 0.5) is 0 Å². The van der Waals surface area contributed by atoms with Gasteiger partial charge in [-0.05, 0) is 31.4 Å². The standard InChI is InChI=1S/C19H25N3O3/c1-4-12(3)16-19(25)22-10-14(9-15(22)18(24)21-16)20-17(23)13-7-5-6-11(2)8-13/h5-8,12,14-16H,4,9-10H2,1-3H3,(H,20,23)(H,21,24)/t12-,14-,15-,16-/m0/s1. The highest BCUT2D eigenvalue weighted by atomic mass is 16.2. The van der Waals surface area contributed by atoms with Crippen molar-refractivity contribution in [1.82, 2.24) is 15.5 Å². The zero-order valence-corrected chi connectivity index (χ0v) is 14.9. The SMILES string of the molecule is CC[C@H](C)[C@@H]1NC(=O)[C@@H]2C[C@H](NC(=O)c3cccc(C)c3)CN2C1=O. The first kappa shape index (κ1) is 17.5. The maximum Gasteiger partial charge on any atom is 0.251 e. The van der Waals surface area contributed by atoms with E-state index in [9.17, 15) is 14.4 Å². The molecule has 2 aliphatic heterocycles. The van der Waals surface area contributed by atoms with Gasteiger partial charge in [0.25, 0.3) is 5.91 Å². The number of amides is 3. The van der Waals surface area contributed by atoms with Gasteiger partial charge in [0.05, 0.1) is 0 Å². The largest absolute Gasteiger partial charge is 0.347 e. The van der Waals surface area contributed by atoms with Gasteiger partial charge in [0.15, 0.2) is 0 Å². The minimum Gasteiger partial charge on any atom is -0.347 e. The normalized spacial score (nSPS) is 26.8. The van der Waals surface area contributed by atoms with E-state index in [2.05, 4.69) is 10.6 Å². The van der Waals surface area contributed by atoms with Crippen molar-refractivity contribution in [1.29, 1.82) is 0 Å². The number of fused-ring (bicyclic) bond motifs is 1. The van der Waals surface area contributed by atoms with Gasteiger partial charge in [0.2, 0.25) is 11.8 Å². The summed E-state index contributed by atoms with van der Waals surface area (Å²) >= 11 is 0. The first-order valence-electron chi connectivity index (χ1n) is 8.89. The molecule has 1 aromatic rings. The van der Waals surface area contributed by atoms with Crippen LogP contribution in [0.3, 0.4) is 0 Å². The fraction of sp³-hybridized carbons (Fsp3) is 0.526. The van der Waals surface area contributed by atoms with Gasteiger partial charge in [0.1, 0.15) is 12.1 Å². The number of aryl methyl sites for hydroxylation is 1. The molecule has 3 rings (SSSR count). The number of nitrogens with zero attached hydrogens (tertiary/aromatic N) is 1. The Labute approximate surface area is 148 Å². The van der Waals surface area contributed by atoms with Crippen LogP contribution in [-0.4, -0.2) is 47.3 Å². The maximum atomic E-state index is 12.7. The summed E-state index contributed by atoms with van der Waals surface area (Å²) in [4.78, 5) is 39.1. The molecule has 1 aromatic carbocycles. The van der Waals surface area contributed by atoms with Gasteiger partial charge in [-0.15, -0.1) is 0 Å². The van der Waals surface area contributed by atoms with Crippen molar-refractivity contribution in [2.24, 2.45) is 5.92 Å². The topological polar surface area (TPSA) is 78.5 Å². The Kier molecular flexibility index (Phi) is 4.79. The molecule has 134 valence electrons. The van der Waals surface area contributed by atoms with Crippen molar-refractivity contribution in [3.05, 3.63) is 35.4 Å². The van der Waals surface area contributed by atoms with Gasteiger partial charge in [-0.25, -0.2) is 0 Å². The van der Waals surface area contributed by atoms with Crippen LogP contribution in [0.2, 0.25) is 0 Å². The molecule has 2 N–H and O–H groups in total. The van der Waals surface area contributed by atoms with Gasteiger partial charge in [0, 0.05) is 18.2 Å². The number of carbonyl (C=O) groups is 3. The molecule has 2 heterocycles. The lowest BCUT2D eigenvalue weighted by Crippen LogP contribution is -2.62. The molecule has 2 fully saturated rings. The highest BCUT2D eigenvalue weighted by Crippen LogP contribution is 2.26. The van der Waals surface area contributed by atoms with E-state index in [0.29, 0.717) is 18.5 Å². The summed E-state index contributed by atoms with van der Waals surface area (Å²) in [5, 5.41) is 5.82. The van der Waals surface area contributed by atoms with E-state index >= 15 is 0 Å². The number of piperazine rings is 1. The molecule has 4 atom stereocenters. The third-order valence-electron chi connectivity index (χ3n) is 5.28. The minimum atomic E-state index is -0.476. The Hall–Kier alpha value is -2.37. The number of carbonyl (C=O) groups excluding carboxylic acids is 3. The number of hydrogen-bond acceptors (Lipinski definition) is 3. The summed E-state index contributed by atoms with van der Waals surface area (Å²) in [6.45, 7) is 6.30. The average molecular weight is 343 g/mol. The Morgan fingerprint density at radius 1 is 1.40 bits per heavy atom. The van der Waals surface area contributed by atoms with Crippen molar-refractivity contribution < 1.29 is 14.4 Å². The van der Waals surface area contributed by atoms with E-state index in [1.807, 2.05) is 39.0 Å². The minimum absolute atomic E-state index is 0.0359. The molecule has 6 nitrogen and oxygen atoms in total. The zero-order valence-electron chi connectivity index (χ0n) is 14.9. The lowest BCUT2D eigenvalue weighted by atomic mass is 9.95. The molecule has 0 spiro atoms. The Balaban J connectivity index is 1.69. The first-order chi connectivity index (χ1) is 11.9. The van der Waals surface area contributed by atoms with Crippen LogP contribution in [0.15, 0.2) is 24.3 Å². The Morgan fingerprint density at radius 2 is 2.16 bits per heavy atom. The second-order valence-corrected chi connectivity index (χ2v) is 7.15. The summed E-state index contributed by atoms with van der Waals surface area (Å²) in [7, 11) is 0. The van der Waals surface area contributed by atoms with Crippen LogP contribution in [0.1, 0.15) is 42.6 Å². The second kappa shape index (κ2) is 6.86. The predicted molar refractivity (Wildman–Crippen MR) is 93.9 cm³/mol. The fourth-order valence-electron chi connectivity index (χ4n) is 3.60. The van der Waals surface area contributed by atoms with Crippen molar-refractivity contribution >= 4 is 17.7 Å². The van der Waals surface area contributed by atoms with Gasteiger partial charge >= 0.3 is 0 Å². The summed E-state index contributed by atoms with van der Waals surface area (Å²) in [5.74, 6) is -0.221. The molecule has 0 bridgehead atoms. The molecule has 2 aliphatic rings. The van der Waals surface area contributed by atoms with Crippen LogP contribution in [0.5, 0.6) is 0 Å². The predicted octanol–water partition coefficient (Wildman–Crippen LogP) is 1.24. The number of nitrogens with one attached hydrogen (secondary N) is 2. The van der Waals surface area contributed by atoms with Crippen LogP contribution >= 0.6 is 0 Å². The van der Waals surface area contributed by atoms with E-state index in [-0.39, 0.29) is 29.7 Å². The fourth-order valence-corrected chi connectivity index (χ4v) is 3.60. The van der Waals surface area contributed by atoms with E-state index in [4.69, 9.17) is 0 Å². The summed E-state index contributed by atoms with van der Waals surface area (Å²) < 4.78 is 0. The molecule has 0 saturated carbocycles. The quantitative estimate of drug-likeness (QED) is 0.863. The monoisotopic (exact) mass is 343 g/mol. The third-order valence-corrected chi connectivity index (χ3v) is 5.28. The van der Waals surface area contributed by atoms with E-state index < -0.39 is 12.1 Å². The second-order valence-electron chi connectivity index (χ2n) is 7.15. The van der Waals surface area contributed by atoms with Crippen molar-refractivity contribution in [2.75, 3.05) is 6.54 Å². The Morgan fingerprint density at radius 3 is 2.84 bits per heavy atom. The Bertz CT molecular complexity index is 703. The van der Waals surface area contributed by atoms with Crippen molar-refractivity contribution in [3.8, 4) is 0 Å². The summed E-state index contributed by atoms with van der Waals surface area (Å²) in [6, 6.07) is 6.23. The van der Waals surface area contributed by atoms with Gasteiger partial charge in [-0.2, -0.15) is 0 Å². The highest BCUT2D eigenvalue weighted by molar-refractivity contribution is 5.98. The highest BCUT2D eigenvalue weighted by Gasteiger charge is 2.47. The molecule has 0 aromatic heterocycles. The van der Waals surface area contributed by atoms with E-state index in [1.165, 1.54) is 0 Å². The third kappa shape index (κ3) is 3.38. The number of rotatable bonds is 4. The zero-order chi connectivity index (χ0) is 18.1. The molecule has 2 saturated heterocycles. The van der Waals surface area contributed by atoms with Gasteiger partial charge < -0.3 is 15.5 Å². The van der Waals surface area contributed by atoms with Crippen LogP contribution < -0.4 is 10.6 Å². The molecule has 0 unspecified atom stereocenters. The lowest BCUT2D eigenvalue weighted by Gasteiger charge is -2.36. The average Bonchev–Trinajstić information content (AvgIpc) is 3.02. The smallest absolute Gasteiger partial charge is 0.251 e. The molecular formula is C19H25N3O3. The molecule has 0 radical (unpaired) electrons. The molecule has 3 amide bonds. The summed E-state index contributed by atoms with van der Waals surface area (Å²) in [6.07, 6.45) is 1.28. The van der Waals surface area contributed by atoms with Crippen LogP contribution in [0, 0.1) is 12.8 Å². The van der Waals surface area contributed by atoms with Crippen molar-refractivity contribution in [3.63, 3.8) is 0 Å². The van der Waals surface area contributed by atoms with E-state index in [1.54, 1.807) is 11.0 Å². The maximum absolute atomic E-state index is 12.7. The summed E-state index contributed by atoms with van der Waals surface area (Å²) in [5.41, 5.74) is 1.61. The molecule has 6 heteroatoms. The molecule has 25 heavy (non-hydrogen) atoms. The lowest BCUT2D eigenvalue weighted by molar-refractivity contribution is -0.148. The van der Waals surface area contributed by atoms with Crippen LogP contribution in [-0.2, 0) is 9.59 Å². The first-order valence-corrected chi connectivity index (χ1v) is 8.89. The van der Waals surface area contributed by atoms with Gasteiger partial charge in [-0.1, -0.05) is 38.0 Å². The molecule has 0 aliphatic carbocycles. The molecular weight excluding hydrogens is 318 g/mol. The van der Waals surface area contributed by atoms with Gasteiger partial charge in [-0.3, -0.25) is 14.4 Å². The van der Waals surface area contributed by atoms with Crippen molar-refractivity contribution in [2.45, 2.75) is 51.7 Å².